The Bertz CT molecular complexity index is 861. The van der Waals surface area contributed by atoms with Gasteiger partial charge in [0.1, 0.15) is 11.4 Å². The van der Waals surface area contributed by atoms with Gasteiger partial charge in [-0.2, -0.15) is 0 Å². The molecular weight excluding hydrogens is 356 g/mol. The third-order valence-corrected chi connectivity index (χ3v) is 5.28. The molecule has 1 aliphatic rings. The van der Waals surface area contributed by atoms with Crippen molar-refractivity contribution in [1.29, 1.82) is 0 Å². The first-order valence-corrected chi connectivity index (χ1v) is 9.58. The number of pyridine rings is 1. The minimum Gasteiger partial charge on any atom is -0.508 e. The van der Waals surface area contributed by atoms with E-state index in [0.717, 1.165) is 28.9 Å². The maximum Gasteiger partial charge on any atom is 0.322 e. The lowest BCUT2D eigenvalue weighted by Crippen LogP contribution is -2.50. The Labute approximate surface area is 165 Å². The Morgan fingerprint density at radius 1 is 1.25 bits per heavy atom. The number of hydrogen-bond acceptors (Lipinski definition) is 5. The largest absolute Gasteiger partial charge is 0.508 e. The second kappa shape index (κ2) is 8.37. The molecule has 1 aliphatic heterocycles. The Hall–Kier alpha value is -2.96. The lowest BCUT2D eigenvalue weighted by atomic mass is 10.1. The topological polar surface area (TPSA) is 77.9 Å². The number of urea groups is 1. The second-order valence-electron chi connectivity index (χ2n) is 6.97. The first-order valence-electron chi connectivity index (χ1n) is 9.58. The van der Waals surface area contributed by atoms with Gasteiger partial charge in [0.25, 0.3) is 0 Å². The average molecular weight is 384 g/mol. The number of phenols is 1. The first-order chi connectivity index (χ1) is 13.4. The van der Waals surface area contributed by atoms with Crippen LogP contribution in [0, 0.1) is 13.8 Å². The van der Waals surface area contributed by atoms with Crippen LogP contribution in [0.25, 0.3) is 0 Å². The number of rotatable bonds is 4. The van der Waals surface area contributed by atoms with E-state index in [2.05, 4.69) is 22.1 Å². The Balaban J connectivity index is 1.67. The van der Waals surface area contributed by atoms with Crippen LogP contribution in [0.3, 0.4) is 0 Å². The van der Waals surface area contributed by atoms with Crippen LogP contribution in [-0.4, -0.2) is 54.3 Å². The summed E-state index contributed by atoms with van der Waals surface area (Å²) in [7, 11) is 1.55. The SMILES string of the molecule is CCc1cc(NC(=O)N2CCN(c3cccc(O)c3C)CC2)c(OC)nc1C. The fourth-order valence-electron chi connectivity index (χ4n) is 3.53. The molecule has 7 heteroatoms. The number of ether oxygens (including phenoxy) is 1. The summed E-state index contributed by atoms with van der Waals surface area (Å²) in [4.78, 5) is 21.2. The van der Waals surface area contributed by atoms with Crippen LogP contribution >= 0.6 is 0 Å². The van der Waals surface area contributed by atoms with Gasteiger partial charge in [-0.25, -0.2) is 9.78 Å². The number of carbonyl (C=O) groups is 1. The van der Waals surface area contributed by atoms with Gasteiger partial charge in [-0.05, 0) is 44.0 Å². The lowest BCUT2D eigenvalue weighted by molar-refractivity contribution is 0.208. The molecule has 28 heavy (non-hydrogen) atoms. The number of aryl methyl sites for hydroxylation is 2. The normalized spacial score (nSPS) is 14.1. The molecule has 2 N–H and O–H groups in total. The smallest absolute Gasteiger partial charge is 0.322 e. The van der Waals surface area contributed by atoms with Crippen LogP contribution in [0.4, 0.5) is 16.2 Å². The number of nitrogens with zero attached hydrogens (tertiary/aromatic N) is 3. The van der Waals surface area contributed by atoms with Crippen molar-refractivity contribution >= 4 is 17.4 Å². The van der Waals surface area contributed by atoms with Crippen LogP contribution in [0.2, 0.25) is 0 Å². The van der Waals surface area contributed by atoms with E-state index < -0.39 is 0 Å². The van der Waals surface area contributed by atoms with Gasteiger partial charge in [-0.1, -0.05) is 13.0 Å². The number of piperazine rings is 1. The summed E-state index contributed by atoms with van der Waals surface area (Å²) in [5.74, 6) is 0.723. The fraction of sp³-hybridized carbons (Fsp3) is 0.429. The Morgan fingerprint density at radius 3 is 2.61 bits per heavy atom. The number of amides is 2. The highest BCUT2D eigenvalue weighted by Crippen LogP contribution is 2.29. The first kappa shape index (κ1) is 19.8. The highest BCUT2D eigenvalue weighted by Gasteiger charge is 2.23. The van der Waals surface area contributed by atoms with E-state index >= 15 is 0 Å². The number of nitrogens with one attached hydrogen (secondary N) is 1. The molecular formula is C21H28N4O3. The van der Waals surface area contributed by atoms with Crippen LogP contribution < -0.4 is 15.0 Å². The number of methoxy groups -OCH3 is 1. The molecule has 0 saturated carbocycles. The molecule has 0 bridgehead atoms. The zero-order valence-electron chi connectivity index (χ0n) is 17.0. The van der Waals surface area contributed by atoms with Crippen molar-refractivity contribution in [2.45, 2.75) is 27.2 Å². The van der Waals surface area contributed by atoms with E-state index in [9.17, 15) is 9.90 Å². The molecule has 1 saturated heterocycles. The second-order valence-corrected chi connectivity index (χ2v) is 6.97. The third-order valence-electron chi connectivity index (χ3n) is 5.28. The molecule has 150 valence electrons. The van der Waals surface area contributed by atoms with Crippen molar-refractivity contribution in [3.8, 4) is 11.6 Å². The van der Waals surface area contributed by atoms with Crippen LogP contribution in [0.5, 0.6) is 11.6 Å². The number of phenolic OH excluding ortho intramolecular Hbond substituents is 1. The lowest BCUT2D eigenvalue weighted by Gasteiger charge is -2.36. The summed E-state index contributed by atoms with van der Waals surface area (Å²) < 4.78 is 5.34. The molecule has 1 aromatic heterocycles. The van der Waals surface area contributed by atoms with Gasteiger partial charge in [0, 0.05) is 43.1 Å². The van der Waals surface area contributed by atoms with Gasteiger partial charge in [0.15, 0.2) is 0 Å². The predicted octanol–water partition coefficient (Wildman–Crippen LogP) is 3.33. The molecule has 2 amide bonds. The number of benzene rings is 1. The van der Waals surface area contributed by atoms with Crippen molar-refractivity contribution in [3.05, 3.63) is 41.1 Å². The molecule has 1 aromatic carbocycles. The summed E-state index contributed by atoms with van der Waals surface area (Å²) in [6, 6.07) is 7.32. The van der Waals surface area contributed by atoms with Crippen molar-refractivity contribution < 1.29 is 14.6 Å². The van der Waals surface area contributed by atoms with Crippen LogP contribution in [0.1, 0.15) is 23.7 Å². The standard InChI is InChI=1S/C21H28N4O3/c1-5-16-13-17(20(28-4)22-15(16)3)23-21(27)25-11-9-24(10-12-25)18-7-6-8-19(26)14(18)2/h6-8,13,26H,5,9-12H2,1-4H3,(H,23,27). The van der Waals surface area contributed by atoms with Gasteiger partial charge in [0.2, 0.25) is 5.88 Å². The van der Waals surface area contributed by atoms with Crippen molar-refractivity contribution in [2.75, 3.05) is 43.5 Å². The maximum atomic E-state index is 12.8. The van der Waals surface area contributed by atoms with E-state index in [1.807, 2.05) is 32.0 Å². The summed E-state index contributed by atoms with van der Waals surface area (Å²) in [5, 5.41) is 12.9. The van der Waals surface area contributed by atoms with Gasteiger partial charge in [0.05, 0.1) is 7.11 Å². The number of aromatic nitrogens is 1. The quantitative estimate of drug-likeness (QED) is 0.845. The fourth-order valence-corrected chi connectivity index (χ4v) is 3.53. The zero-order chi connectivity index (χ0) is 20.3. The van der Waals surface area contributed by atoms with Gasteiger partial charge in [-0.3, -0.25) is 0 Å². The molecule has 0 aliphatic carbocycles. The highest BCUT2D eigenvalue weighted by molar-refractivity contribution is 5.91. The van der Waals surface area contributed by atoms with E-state index in [0.29, 0.717) is 43.5 Å². The van der Waals surface area contributed by atoms with E-state index in [1.165, 1.54) is 0 Å². The number of aromatic hydroxyl groups is 1. The summed E-state index contributed by atoms with van der Waals surface area (Å²) in [6.45, 7) is 8.53. The van der Waals surface area contributed by atoms with E-state index in [4.69, 9.17) is 4.74 Å². The Morgan fingerprint density at radius 2 is 1.96 bits per heavy atom. The van der Waals surface area contributed by atoms with Gasteiger partial charge in [-0.15, -0.1) is 0 Å². The molecule has 0 atom stereocenters. The third kappa shape index (κ3) is 3.98. The molecule has 0 unspecified atom stereocenters. The van der Waals surface area contributed by atoms with Gasteiger partial charge >= 0.3 is 6.03 Å². The summed E-state index contributed by atoms with van der Waals surface area (Å²) in [6.07, 6.45) is 0.841. The molecule has 7 nitrogen and oxygen atoms in total. The van der Waals surface area contributed by atoms with Crippen LogP contribution in [-0.2, 0) is 6.42 Å². The molecule has 1 fully saturated rings. The molecule has 0 radical (unpaired) electrons. The maximum absolute atomic E-state index is 12.8. The number of anilines is 2. The molecule has 2 aromatic rings. The van der Waals surface area contributed by atoms with Crippen molar-refractivity contribution in [3.63, 3.8) is 0 Å². The zero-order valence-corrected chi connectivity index (χ0v) is 17.0. The summed E-state index contributed by atoms with van der Waals surface area (Å²) >= 11 is 0. The average Bonchev–Trinajstić information content (AvgIpc) is 2.71. The molecule has 2 heterocycles. The molecule has 0 spiro atoms. The Kier molecular flexibility index (Phi) is 5.92. The monoisotopic (exact) mass is 384 g/mol. The predicted molar refractivity (Wildman–Crippen MR) is 111 cm³/mol. The highest BCUT2D eigenvalue weighted by atomic mass is 16.5. The van der Waals surface area contributed by atoms with Crippen LogP contribution in [0.15, 0.2) is 24.3 Å². The van der Waals surface area contributed by atoms with E-state index in [1.54, 1.807) is 18.1 Å². The minimum atomic E-state index is -0.154. The number of carbonyl (C=O) groups excluding carboxylic acids is 1. The van der Waals surface area contributed by atoms with Crippen molar-refractivity contribution in [1.82, 2.24) is 9.88 Å². The minimum absolute atomic E-state index is 0.154. The summed E-state index contributed by atoms with van der Waals surface area (Å²) in [5.41, 5.74) is 4.47. The van der Waals surface area contributed by atoms with Crippen molar-refractivity contribution in [2.24, 2.45) is 0 Å². The molecule has 3 rings (SSSR count). The van der Waals surface area contributed by atoms with E-state index in [-0.39, 0.29) is 6.03 Å². The number of hydrogen-bond donors (Lipinski definition) is 2. The van der Waals surface area contributed by atoms with Gasteiger partial charge < -0.3 is 25.0 Å².